The van der Waals surface area contributed by atoms with Crippen LogP contribution in [0.4, 0.5) is 11.5 Å². The molecule has 41 heavy (non-hydrogen) atoms. The molecule has 2 aliphatic rings. The van der Waals surface area contributed by atoms with Crippen molar-refractivity contribution in [3.63, 3.8) is 0 Å². The Balaban J connectivity index is 1.59. The fraction of sp³-hybridized carbons (Fsp3) is 0.613. The van der Waals surface area contributed by atoms with Gasteiger partial charge in [0.1, 0.15) is 6.04 Å². The molecular weight excluding hydrogens is 518 g/mol. The summed E-state index contributed by atoms with van der Waals surface area (Å²) < 4.78 is 6.37. The molecule has 0 fully saturated rings. The molecule has 10 heteroatoms. The van der Waals surface area contributed by atoms with Gasteiger partial charge in [-0.25, -0.2) is 0 Å². The summed E-state index contributed by atoms with van der Waals surface area (Å²) in [6, 6.07) is -0.522. The lowest BCUT2D eigenvalue weighted by Gasteiger charge is -2.27. The van der Waals surface area contributed by atoms with E-state index in [1.54, 1.807) is 21.1 Å². The summed E-state index contributed by atoms with van der Waals surface area (Å²) in [5, 5.41) is 17.1. The fourth-order valence-electron chi connectivity index (χ4n) is 5.42. The molecule has 0 spiro atoms. The van der Waals surface area contributed by atoms with Crippen LogP contribution in [0.25, 0.3) is 0 Å². The number of Topliss-reactive ketones (excluding diaryl/α,β-unsaturated/α-hetero) is 1. The summed E-state index contributed by atoms with van der Waals surface area (Å²) >= 11 is 0. The molecule has 1 aliphatic carbocycles. The second kappa shape index (κ2) is 16.3. The summed E-state index contributed by atoms with van der Waals surface area (Å²) in [5.41, 5.74) is 12.7. The third kappa shape index (κ3) is 9.67. The van der Waals surface area contributed by atoms with Gasteiger partial charge in [-0.1, -0.05) is 22.5 Å². The van der Waals surface area contributed by atoms with Crippen LogP contribution >= 0.6 is 0 Å². The average Bonchev–Trinajstić information content (AvgIpc) is 2.95. The smallest absolute Gasteiger partial charge is 0.287 e. The van der Waals surface area contributed by atoms with Crippen molar-refractivity contribution in [2.24, 2.45) is 4.99 Å². The first-order valence-corrected chi connectivity index (χ1v) is 14.9. The van der Waals surface area contributed by atoms with Gasteiger partial charge < -0.3 is 25.9 Å². The van der Waals surface area contributed by atoms with Crippen molar-refractivity contribution in [3.05, 3.63) is 46.6 Å². The van der Waals surface area contributed by atoms with E-state index in [4.69, 9.17) is 10.5 Å². The Morgan fingerprint density at radius 1 is 1.32 bits per heavy atom. The second-order valence-corrected chi connectivity index (χ2v) is 11.2. The first-order valence-electron chi connectivity index (χ1n) is 14.9. The summed E-state index contributed by atoms with van der Waals surface area (Å²) in [5.74, 6) is 0.200. The molecule has 2 heterocycles. The number of aromatic nitrogens is 2. The van der Waals surface area contributed by atoms with Crippen molar-refractivity contribution in [2.75, 3.05) is 51.4 Å². The number of carbonyl (C=O) groups excluding carboxylic acids is 1. The van der Waals surface area contributed by atoms with Crippen LogP contribution in [-0.4, -0.2) is 79.6 Å². The number of unbranched alkanes of at least 4 members (excludes halogenated alkanes) is 1. The first kappa shape index (κ1) is 32.3. The largest absolute Gasteiger partial charge is 0.390 e. The monoisotopic (exact) mass is 568 g/mol. The highest BCUT2D eigenvalue weighted by Crippen LogP contribution is 2.28. The molecule has 1 aliphatic heterocycles. The highest BCUT2D eigenvalue weighted by Gasteiger charge is 2.25. The van der Waals surface area contributed by atoms with Crippen LogP contribution in [-0.2, 0) is 9.53 Å². The highest BCUT2D eigenvalue weighted by molar-refractivity contribution is 5.89. The number of allylic oxidation sites excluding steroid dienone is 6. The Bertz CT molecular complexity index is 1160. The molecule has 2 atom stereocenters. The van der Waals surface area contributed by atoms with Crippen molar-refractivity contribution in [2.45, 2.75) is 84.3 Å². The van der Waals surface area contributed by atoms with Crippen LogP contribution in [0.3, 0.4) is 0 Å². The van der Waals surface area contributed by atoms with Gasteiger partial charge in [0, 0.05) is 45.9 Å². The van der Waals surface area contributed by atoms with Gasteiger partial charge in [0.15, 0.2) is 17.2 Å². The molecule has 0 amide bonds. The van der Waals surface area contributed by atoms with Crippen LogP contribution in [0.1, 0.15) is 77.8 Å². The van der Waals surface area contributed by atoms with E-state index in [-0.39, 0.29) is 23.4 Å². The van der Waals surface area contributed by atoms with Gasteiger partial charge in [0.2, 0.25) is 0 Å². The fourth-order valence-corrected chi connectivity index (χ4v) is 5.42. The van der Waals surface area contributed by atoms with Crippen molar-refractivity contribution < 1.29 is 19.5 Å². The number of carbonyl (C=O) groups is 1. The molecule has 1 aromatic heterocycles. The van der Waals surface area contributed by atoms with Crippen LogP contribution in [0, 0.1) is 0 Å². The Kier molecular flexibility index (Phi) is 12.8. The average molecular weight is 569 g/mol. The minimum Gasteiger partial charge on any atom is -0.390 e. The van der Waals surface area contributed by atoms with Gasteiger partial charge in [-0.3, -0.25) is 15.1 Å². The SMILES string of the molecule is CN=Cc1nc[n+](O)c(N[C@@H](CCN(CCCCC2=C(C)CCC3=C(C=C2)CCCN3)C[C@@H](C)OC)C(C)=O)c1N. The first-order chi connectivity index (χ1) is 19.7. The molecule has 5 N–H and O–H groups in total. The molecule has 10 nitrogen and oxygen atoms in total. The van der Waals surface area contributed by atoms with E-state index in [2.05, 4.69) is 51.5 Å². The maximum Gasteiger partial charge on any atom is 0.287 e. The lowest BCUT2D eigenvalue weighted by molar-refractivity contribution is -0.895. The predicted molar refractivity (Wildman–Crippen MR) is 164 cm³/mol. The number of nitrogen functional groups attached to an aromatic ring is 1. The Labute approximate surface area is 245 Å². The van der Waals surface area contributed by atoms with Gasteiger partial charge in [-0.2, -0.15) is 0 Å². The van der Waals surface area contributed by atoms with Gasteiger partial charge in [0.05, 0.1) is 12.3 Å². The second-order valence-electron chi connectivity index (χ2n) is 11.2. The number of hydrogen-bond acceptors (Lipinski definition) is 9. The predicted octanol–water partition coefficient (Wildman–Crippen LogP) is 3.81. The Morgan fingerprint density at radius 2 is 2.12 bits per heavy atom. The van der Waals surface area contributed by atoms with E-state index in [0.717, 1.165) is 56.5 Å². The molecular formula is C31H50N7O3+. The zero-order valence-electron chi connectivity index (χ0n) is 25.6. The maximum atomic E-state index is 12.6. The summed E-state index contributed by atoms with van der Waals surface area (Å²) in [6.07, 6.45) is 15.9. The van der Waals surface area contributed by atoms with Crippen LogP contribution < -0.4 is 21.1 Å². The Morgan fingerprint density at radius 3 is 2.85 bits per heavy atom. The topological polar surface area (TPSA) is 129 Å². The maximum absolute atomic E-state index is 12.6. The van der Waals surface area contributed by atoms with E-state index >= 15 is 0 Å². The lowest BCUT2D eigenvalue weighted by Crippen LogP contribution is -2.42. The van der Waals surface area contributed by atoms with E-state index in [1.807, 2.05) is 0 Å². The standard InChI is InChI=1S/C31H49N7O3/c1-22-11-14-28-26(10-8-16-34-28)13-12-25(22)9-6-7-17-37(20-23(2)41-5)18-15-27(24(3)39)36-31-30(32)29(19-33-4)35-21-38(31)40/h12-13,19,21,23,27,34,40H,6-11,14-18,20H2,1-5H3,(H2,32,33)/p+1/t23-,27+/m1/s1. The van der Waals surface area contributed by atoms with Crippen molar-refractivity contribution in [1.29, 1.82) is 0 Å². The summed E-state index contributed by atoms with van der Waals surface area (Å²) in [4.78, 5) is 23.0. The summed E-state index contributed by atoms with van der Waals surface area (Å²) in [6.45, 7) is 9.39. The molecule has 1 aromatic rings. The third-order valence-corrected chi connectivity index (χ3v) is 8.07. The van der Waals surface area contributed by atoms with Crippen molar-refractivity contribution >= 4 is 23.5 Å². The number of anilines is 2. The quantitative estimate of drug-likeness (QED) is 0.109. The van der Waals surface area contributed by atoms with Crippen LogP contribution in [0.15, 0.2) is 45.9 Å². The summed E-state index contributed by atoms with van der Waals surface area (Å²) in [7, 11) is 3.35. The van der Waals surface area contributed by atoms with Gasteiger partial charge in [-0.15, -0.1) is 4.98 Å². The molecule has 0 unspecified atom stereocenters. The normalized spacial score (nSPS) is 17.3. The Hall–Kier alpha value is -3.24. The van der Waals surface area contributed by atoms with Crippen molar-refractivity contribution in [3.8, 4) is 0 Å². The number of ether oxygens (including phenoxy) is 1. The van der Waals surface area contributed by atoms with E-state index in [9.17, 15) is 10.0 Å². The number of aliphatic imine (C=N–C) groups is 1. The number of methoxy groups -OCH3 is 1. The molecule has 0 saturated carbocycles. The van der Waals surface area contributed by atoms with E-state index < -0.39 is 6.04 Å². The van der Waals surface area contributed by atoms with Crippen molar-refractivity contribution in [1.82, 2.24) is 15.2 Å². The van der Waals surface area contributed by atoms with Crippen LogP contribution in [0.2, 0.25) is 0 Å². The van der Waals surface area contributed by atoms with Crippen LogP contribution in [0.5, 0.6) is 0 Å². The van der Waals surface area contributed by atoms with E-state index in [1.165, 1.54) is 47.8 Å². The van der Waals surface area contributed by atoms with Gasteiger partial charge >= 0.3 is 0 Å². The number of ketones is 1. The molecule has 0 bridgehead atoms. The number of nitrogens with zero attached hydrogens (tertiary/aromatic N) is 4. The molecule has 3 rings (SSSR count). The highest BCUT2D eigenvalue weighted by atomic mass is 16.5. The van der Waals surface area contributed by atoms with Gasteiger partial charge in [0.25, 0.3) is 12.1 Å². The number of nitrogens with one attached hydrogen (secondary N) is 2. The molecule has 0 saturated heterocycles. The minimum atomic E-state index is -0.522. The number of hydrogen-bond donors (Lipinski definition) is 4. The molecule has 0 aromatic carbocycles. The van der Waals surface area contributed by atoms with E-state index in [0.29, 0.717) is 18.7 Å². The lowest BCUT2D eigenvalue weighted by atomic mass is 9.91. The van der Waals surface area contributed by atoms with Gasteiger partial charge in [-0.05, 0) is 83.4 Å². The minimum absolute atomic E-state index is 0.0309. The zero-order chi connectivity index (χ0) is 29.8. The zero-order valence-corrected chi connectivity index (χ0v) is 25.6. The molecule has 226 valence electrons. The number of nitrogens with two attached hydrogens (primary N) is 1. The number of rotatable bonds is 15. The molecule has 0 radical (unpaired) electrons. The third-order valence-electron chi connectivity index (χ3n) is 8.07.